The molecule has 2 aromatic rings. The molecule has 0 aromatic heterocycles. The number of benzene rings is 2. The Morgan fingerprint density at radius 2 is 1.62 bits per heavy atom. The lowest BCUT2D eigenvalue weighted by molar-refractivity contribution is -0.138. The van der Waals surface area contributed by atoms with Gasteiger partial charge in [-0.05, 0) is 54.2 Å². The number of carbonyl (C=O) groups is 2. The van der Waals surface area contributed by atoms with Gasteiger partial charge in [-0.25, -0.2) is 4.39 Å². The first-order valence-electron chi connectivity index (χ1n) is 14.2. The minimum Gasteiger partial charge on any atom is -0.490 e. The van der Waals surface area contributed by atoms with Gasteiger partial charge in [0, 0.05) is 44.8 Å². The maximum atomic E-state index is 15.5. The van der Waals surface area contributed by atoms with Gasteiger partial charge in [-0.2, -0.15) is 0 Å². The van der Waals surface area contributed by atoms with Gasteiger partial charge in [0.2, 0.25) is 0 Å². The number of carboxylic acid groups (broad SMARTS) is 1. The Morgan fingerprint density at radius 3 is 2.21 bits per heavy atom. The Balaban J connectivity index is 0.00000484. The lowest BCUT2D eigenvalue weighted by Crippen LogP contribution is -2.47. The van der Waals surface area contributed by atoms with Crippen molar-refractivity contribution < 1.29 is 28.6 Å². The second-order valence-electron chi connectivity index (χ2n) is 11.7. The highest BCUT2D eigenvalue weighted by Gasteiger charge is 2.33. The zero-order valence-corrected chi connectivity index (χ0v) is 26.8. The van der Waals surface area contributed by atoms with Crippen molar-refractivity contribution in [1.82, 2.24) is 14.7 Å². The summed E-state index contributed by atoms with van der Waals surface area (Å²) in [5, 5.41) is 17.8. The summed E-state index contributed by atoms with van der Waals surface area (Å²) in [4.78, 5) is 30.5. The summed E-state index contributed by atoms with van der Waals surface area (Å²) in [6, 6.07) is 7.67. The van der Waals surface area contributed by atoms with Crippen LogP contribution in [-0.2, 0) is 23.3 Å². The van der Waals surface area contributed by atoms with Crippen LogP contribution in [0.2, 0.25) is 0 Å². The summed E-state index contributed by atoms with van der Waals surface area (Å²) in [6.07, 6.45) is 0. The molecule has 0 bridgehead atoms. The molecule has 0 spiro atoms. The van der Waals surface area contributed by atoms with Crippen LogP contribution in [0.3, 0.4) is 0 Å². The van der Waals surface area contributed by atoms with Crippen LogP contribution in [0.4, 0.5) is 4.39 Å². The molecule has 0 atom stereocenters. The predicted molar refractivity (Wildman–Crippen MR) is 165 cm³/mol. The Hall–Kier alpha value is -3.02. The Labute approximate surface area is 257 Å². The number of carbonyl (C=O) groups excluding carboxylic acids is 1. The van der Waals surface area contributed by atoms with Gasteiger partial charge < -0.3 is 19.5 Å². The van der Waals surface area contributed by atoms with E-state index < -0.39 is 11.8 Å². The maximum absolute atomic E-state index is 15.5. The van der Waals surface area contributed by atoms with E-state index in [9.17, 15) is 9.59 Å². The van der Waals surface area contributed by atoms with Crippen LogP contribution in [0.25, 0.3) is 0 Å². The number of carboxylic acids is 1. The van der Waals surface area contributed by atoms with E-state index >= 15 is 4.39 Å². The second-order valence-corrected chi connectivity index (χ2v) is 11.7. The predicted octanol–water partition coefficient (Wildman–Crippen LogP) is 4.72. The molecule has 2 aliphatic rings. The van der Waals surface area contributed by atoms with E-state index in [0.29, 0.717) is 43.1 Å². The number of nitrogens with one attached hydrogen (secondary N) is 1. The topological polar surface area (TPSA) is 106 Å². The van der Waals surface area contributed by atoms with E-state index in [1.54, 1.807) is 17.9 Å². The molecule has 0 saturated carbocycles. The van der Waals surface area contributed by atoms with Crippen molar-refractivity contribution in [3.63, 3.8) is 0 Å². The number of hydrogen-bond donors (Lipinski definition) is 2. The number of rotatable bonds is 11. The van der Waals surface area contributed by atoms with Crippen molar-refractivity contribution in [2.24, 2.45) is 0 Å². The number of nitrogens with zero attached hydrogens (tertiary/aromatic N) is 3. The Bertz CT molecular complexity index is 1320. The summed E-state index contributed by atoms with van der Waals surface area (Å²) in [5.41, 5.74) is 3.17. The third kappa shape index (κ3) is 7.67. The fourth-order valence-corrected chi connectivity index (χ4v) is 5.36. The molecule has 1 fully saturated rings. The van der Waals surface area contributed by atoms with Crippen molar-refractivity contribution in [2.75, 3.05) is 52.5 Å². The number of aliphatic carboxylic acids is 1. The molecule has 2 heterocycles. The summed E-state index contributed by atoms with van der Waals surface area (Å²) in [6.45, 7) is 14.2. The summed E-state index contributed by atoms with van der Waals surface area (Å²) >= 11 is 0. The van der Waals surface area contributed by atoms with E-state index in [0.717, 1.165) is 24.2 Å². The molecular weight excluding hydrogens is 607 g/mol. The van der Waals surface area contributed by atoms with Crippen LogP contribution in [0.1, 0.15) is 67.2 Å². The number of Topliss-reactive ketones (excluding diaryl/α,β-unsaturated/α-hetero) is 1. The van der Waals surface area contributed by atoms with Gasteiger partial charge in [0.25, 0.3) is 0 Å². The molecule has 230 valence electrons. The van der Waals surface area contributed by atoms with Gasteiger partial charge in [-0.3, -0.25) is 24.8 Å². The van der Waals surface area contributed by atoms with Gasteiger partial charge in [0.15, 0.2) is 23.1 Å². The van der Waals surface area contributed by atoms with Crippen LogP contribution in [0.5, 0.6) is 11.5 Å². The van der Waals surface area contributed by atoms with Gasteiger partial charge >= 0.3 is 5.97 Å². The van der Waals surface area contributed by atoms with E-state index in [1.807, 2.05) is 24.0 Å². The number of fused-ring (bicyclic) bond motifs is 1. The molecule has 42 heavy (non-hydrogen) atoms. The van der Waals surface area contributed by atoms with E-state index in [1.165, 1.54) is 0 Å². The SMILES string of the molecule is Br.CCOc1cc2c(c(F)c1OCC)C(=N)N(CC(=O)c1cc(CN3CCN(CC(=O)O)CC3)cc(C(C)(C)C)c1)C2. The van der Waals surface area contributed by atoms with Crippen LogP contribution in [0.15, 0.2) is 24.3 Å². The highest BCUT2D eigenvalue weighted by atomic mass is 79.9. The summed E-state index contributed by atoms with van der Waals surface area (Å²) in [5.74, 6) is -1.33. The summed E-state index contributed by atoms with van der Waals surface area (Å²) in [7, 11) is 0. The minimum atomic E-state index is -0.819. The van der Waals surface area contributed by atoms with Crippen molar-refractivity contribution in [3.05, 3.63) is 57.9 Å². The molecule has 0 unspecified atom stereocenters. The molecular formula is C31H42BrFN4O5. The monoisotopic (exact) mass is 648 g/mol. The first-order valence-corrected chi connectivity index (χ1v) is 14.2. The lowest BCUT2D eigenvalue weighted by atomic mass is 9.84. The average molecular weight is 650 g/mol. The van der Waals surface area contributed by atoms with Crippen LogP contribution in [-0.4, -0.2) is 89.9 Å². The molecule has 2 aliphatic heterocycles. The molecule has 4 rings (SSSR count). The van der Waals surface area contributed by atoms with Crippen LogP contribution in [0, 0.1) is 11.2 Å². The number of ether oxygens (including phenoxy) is 2. The number of piperazine rings is 1. The standard InChI is InChI=1S/C31H41FN4O5.BrH/c1-6-40-25-15-22-17-36(30(33)27(22)28(32)29(25)41-7-2)18-24(37)21-12-20(13-23(14-21)31(3,4)5)16-34-8-10-35(11-9-34)19-26(38)39;/h12-15,33H,6-11,16-19H2,1-5H3,(H,38,39);1H. The van der Waals surface area contributed by atoms with Gasteiger partial charge in [0.1, 0.15) is 5.84 Å². The number of ketones is 1. The average Bonchev–Trinajstić information content (AvgIpc) is 3.21. The van der Waals surface area contributed by atoms with Gasteiger partial charge in [0.05, 0.1) is 31.9 Å². The van der Waals surface area contributed by atoms with Crippen molar-refractivity contribution in [1.29, 1.82) is 5.41 Å². The first kappa shape index (κ1) is 33.5. The number of amidine groups is 1. The molecule has 2 N–H and O–H groups in total. The normalized spacial score (nSPS) is 15.8. The Morgan fingerprint density at radius 1 is 0.976 bits per heavy atom. The van der Waals surface area contributed by atoms with Crippen LogP contribution >= 0.6 is 17.0 Å². The van der Waals surface area contributed by atoms with E-state index in [4.69, 9.17) is 20.0 Å². The maximum Gasteiger partial charge on any atom is 0.317 e. The van der Waals surface area contributed by atoms with Gasteiger partial charge in [-0.1, -0.05) is 26.8 Å². The zero-order chi connectivity index (χ0) is 29.9. The molecule has 9 nitrogen and oxygen atoms in total. The van der Waals surface area contributed by atoms with Crippen molar-refractivity contribution in [3.8, 4) is 11.5 Å². The highest BCUT2D eigenvalue weighted by molar-refractivity contribution is 8.93. The number of halogens is 2. The van der Waals surface area contributed by atoms with E-state index in [2.05, 4.69) is 31.7 Å². The third-order valence-corrected chi connectivity index (χ3v) is 7.52. The zero-order valence-electron chi connectivity index (χ0n) is 25.1. The second kappa shape index (κ2) is 14.0. The lowest BCUT2D eigenvalue weighted by Gasteiger charge is -2.34. The number of hydrogen-bond acceptors (Lipinski definition) is 7. The Kier molecular flexibility index (Phi) is 11.1. The molecule has 0 radical (unpaired) electrons. The van der Waals surface area contributed by atoms with Gasteiger partial charge in [-0.15, -0.1) is 17.0 Å². The molecule has 2 aromatic carbocycles. The quantitative estimate of drug-likeness (QED) is 0.337. The molecule has 0 aliphatic carbocycles. The van der Waals surface area contributed by atoms with Crippen molar-refractivity contribution >= 4 is 34.6 Å². The minimum absolute atomic E-state index is 0. The smallest absolute Gasteiger partial charge is 0.317 e. The first-order chi connectivity index (χ1) is 19.4. The molecule has 1 saturated heterocycles. The van der Waals surface area contributed by atoms with Crippen molar-refractivity contribution in [2.45, 2.75) is 53.1 Å². The van der Waals surface area contributed by atoms with E-state index in [-0.39, 0.29) is 71.6 Å². The highest BCUT2D eigenvalue weighted by Crippen LogP contribution is 2.39. The molecule has 11 heteroatoms. The fraction of sp³-hybridized carbons (Fsp3) is 0.516. The summed E-state index contributed by atoms with van der Waals surface area (Å²) < 4.78 is 26.6. The fourth-order valence-electron chi connectivity index (χ4n) is 5.36. The molecule has 0 amide bonds. The largest absolute Gasteiger partial charge is 0.490 e. The van der Waals surface area contributed by atoms with Crippen LogP contribution < -0.4 is 9.47 Å². The third-order valence-electron chi connectivity index (χ3n) is 7.52.